The molecule has 0 saturated carbocycles. The maximum absolute atomic E-state index is 11.1. The van der Waals surface area contributed by atoms with E-state index in [1.165, 1.54) is 6.92 Å². The molecule has 5 nitrogen and oxygen atoms in total. The van der Waals surface area contributed by atoms with Gasteiger partial charge in [0.25, 0.3) is 0 Å². The van der Waals surface area contributed by atoms with Crippen LogP contribution in [0, 0.1) is 11.3 Å². The molecule has 0 radical (unpaired) electrons. The van der Waals surface area contributed by atoms with E-state index in [0.717, 1.165) is 10.8 Å². The largest absolute Gasteiger partial charge is 0.480 e. The summed E-state index contributed by atoms with van der Waals surface area (Å²) in [7, 11) is 0. The molecule has 0 aliphatic rings. The number of hydrogen-bond acceptors (Lipinski definition) is 4. The average molecular weight is 270 g/mol. The average Bonchev–Trinajstić information content (AvgIpc) is 2.43. The summed E-state index contributed by atoms with van der Waals surface area (Å²) in [5, 5.41) is 32.0. The Kier molecular flexibility index (Phi) is 3.87. The number of carboxylic acids is 1. The Balaban J connectivity index is 2.51. The molecule has 102 valence electrons. The van der Waals surface area contributed by atoms with Gasteiger partial charge in [-0.3, -0.25) is 0 Å². The van der Waals surface area contributed by atoms with Crippen LogP contribution in [0.4, 0.5) is 5.69 Å². The summed E-state index contributed by atoms with van der Waals surface area (Å²) in [6.45, 7) is 1.41. The third-order valence-electron chi connectivity index (χ3n) is 3.10. The Morgan fingerprint density at radius 2 is 1.90 bits per heavy atom. The number of benzene rings is 2. The minimum absolute atomic E-state index is 0.523. The molecule has 2 aromatic carbocycles. The summed E-state index contributed by atoms with van der Waals surface area (Å²) in [4.78, 5) is 11.1. The van der Waals surface area contributed by atoms with Gasteiger partial charge in [0, 0.05) is 16.5 Å². The van der Waals surface area contributed by atoms with Gasteiger partial charge in [0.15, 0.2) is 6.04 Å². The number of hydrogen-bond donors (Lipinski definition) is 3. The molecule has 20 heavy (non-hydrogen) atoms. The minimum atomic E-state index is -1.13. The molecule has 0 bridgehead atoms. The number of carboxylic acid groups (broad SMARTS) is 1. The first-order valence-electron chi connectivity index (χ1n) is 6.14. The normalized spacial score (nSPS) is 13.4. The molecule has 0 amide bonds. The van der Waals surface area contributed by atoms with E-state index in [9.17, 15) is 9.90 Å². The van der Waals surface area contributed by atoms with E-state index in [0.29, 0.717) is 11.3 Å². The molecule has 0 fully saturated rings. The lowest BCUT2D eigenvalue weighted by Gasteiger charge is -2.19. The number of nitrogens with zero attached hydrogens (tertiary/aromatic N) is 1. The van der Waals surface area contributed by atoms with Crippen molar-refractivity contribution >= 4 is 22.4 Å². The first-order valence-corrected chi connectivity index (χ1v) is 6.14. The summed E-state index contributed by atoms with van der Waals surface area (Å²) < 4.78 is 0. The number of aliphatic carboxylic acids is 1. The Bertz CT molecular complexity index is 689. The van der Waals surface area contributed by atoms with Crippen LogP contribution in [0.25, 0.3) is 10.8 Å². The predicted molar refractivity (Wildman–Crippen MR) is 75.4 cm³/mol. The van der Waals surface area contributed by atoms with Crippen molar-refractivity contribution < 1.29 is 15.0 Å². The highest BCUT2D eigenvalue weighted by Gasteiger charge is 2.23. The molecule has 0 spiro atoms. The van der Waals surface area contributed by atoms with Gasteiger partial charge < -0.3 is 15.5 Å². The van der Waals surface area contributed by atoms with E-state index in [4.69, 9.17) is 10.4 Å². The van der Waals surface area contributed by atoms with Crippen LogP contribution < -0.4 is 5.32 Å². The number of nitrogens with one attached hydrogen (secondary N) is 1. The number of aliphatic hydroxyl groups is 1. The van der Waals surface area contributed by atoms with Gasteiger partial charge in [0.05, 0.1) is 17.7 Å². The number of nitriles is 1. The smallest absolute Gasteiger partial charge is 0.328 e. The fourth-order valence-electron chi connectivity index (χ4n) is 2.08. The quantitative estimate of drug-likeness (QED) is 0.789. The van der Waals surface area contributed by atoms with Crippen molar-refractivity contribution in [2.45, 2.75) is 19.1 Å². The number of anilines is 1. The van der Waals surface area contributed by atoms with Crippen molar-refractivity contribution in [2.24, 2.45) is 0 Å². The fourth-order valence-corrected chi connectivity index (χ4v) is 2.08. The van der Waals surface area contributed by atoms with Crippen LogP contribution in [0.3, 0.4) is 0 Å². The maximum Gasteiger partial charge on any atom is 0.328 e. The van der Waals surface area contributed by atoms with E-state index >= 15 is 0 Å². The van der Waals surface area contributed by atoms with Crippen molar-refractivity contribution in [1.29, 1.82) is 5.26 Å². The first kappa shape index (κ1) is 13.8. The van der Waals surface area contributed by atoms with E-state index in [2.05, 4.69) is 11.4 Å². The highest BCUT2D eigenvalue weighted by molar-refractivity contribution is 5.98. The third-order valence-corrected chi connectivity index (χ3v) is 3.10. The van der Waals surface area contributed by atoms with E-state index in [1.807, 2.05) is 12.1 Å². The Morgan fingerprint density at radius 1 is 1.25 bits per heavy atom. The zero-order valence-electron chi connectivity index (χ0n) is 10.9. The molecule has 0 aliphatic carbocycles. The van der Waals surface area contributed by atoms with Gasteiger partial charge in [0.1, 0.15) is 0 Å². The van der Waals surface area contributed by atoms with Crippen molar-refractivity contribution in [2.75, 3.05) is 5.32 Å². The van der Waals surface area contributed by atoms with Gasteiger partial charge in [-0.15, -0.1) is 0 Å². The van der Waals surface area contributed by atoms with Crippen molar-refractivity contribution in [3.63, 3.8) is 0 Å². The second-order valence-corrected chi connectivity index (χ2v) is 4.52. The molecular weight excluding hydrogens is 256 g/mol. The van der Waals surface area contributed by atoms with Crippen LogP contribution in [0.2, 0.25) is 0 Å². The molecule has 2 atom stereocenters. The first-order chi connectivity index (χ1) is 9.54. The summed E-state index contributed by atoms with van der Waals surface area (Å²) in [6, 6.07) is 11.5. The Morgan fingerprint density at radius 3 is 2.45 bits per heavy atom. The van der Waals surface area contributed by atoms with Gasteiger partial charge in [-0.2, -0.15) is 5.26 Å². The Labute approximate surface area is 116 Å². The topological polar surface area (TPSA) is 93.4 Å². The second-order valence-electron chi connectivity index (χ2n) is 4.52. The molecule has 0 aromatic heterocycles. The summed E-state index contributed by atoms with van der Waals surface area (Å²) >= 11 is 0. The zero-order valence-corrected chi connectivity index (χ0v) is 10.9. The second kappa shape index (κ2) is 5.59. The molecular formula is C15H14N2O3. The van der Waals surface area contributed by atoms with Crippen LogP contribution in [0.1, 0.15) is 12.5 Å². The van der Waals surface area contributed by atoms with Crippen LogP contribution >= 0.6 is 0 Å². The Hall–Kier alpha value is -2.58. The summed E-state index contributed by atoms with van der Waals surface area (Å²) in [5.41, 5.74) is 1.10. The molecule has 0 unspecified atom stereocenters. The number of rotatable bonds is 4. The zero-order chi connectivity index (χ0) is 14.7. The molecule has 2 aromatic rings. The molecule has 0 saturated heterocycles. The maximum atomic E-state index is 11.1. The summed E-state index contributed by atoms with van der Waals surface area (Å²) in [5.74, 6) is -1.13. The summed E-state index contributed by atoms with van der Waals surface area (Å²) in [6.07, 6.45) is -1.04. The van der Waals surface area contributed by atoms with Crippen LogP contribution in [-0.4, -0.2) is 28.3 Å². The monoisotopic (exact) mass is 270 g/mol. The van der Waals surface area contributed by atoms with Gasteiger partial charge in [0.2, 0.25) is 0 Å². The van der Waals surface area contributed by atoms with Gasteiger partial charge >= 0.3 is 5.97 Å². The highest BCUT2D eigenvalue weighted by atomic mass is 16.4. The number of fused-ring (bicyclic) bond motifs is 1. The minimum Gasteiger partial charge on any atom is -0.480 e. The molecule has 5 heteroatoms. The van der Waals surface area contributed by atoms with Crippen LogP contribution in [-0.2, 0) is 4.79 Å². The van der Waals surface area contributed by atoms with Gasteiger partial charge in [-0.05, 0) is 19.1 Å². The van der Waals surface area contributed by atoms with Crippen molar-refractivity contribution in [3.05, 3.63) is 42.0 Å². The van der Waals surface area contributed by atoms with Crippen molar-refractivity contribution in [3.8, 4) is 6.07 Å². The lowest BCUT2D eigenvalue weighted by Crippen LogP contribution is -2.39. The van der Waals surface area contributed by atoms with E-state index in [-0.39, 0.29) is 0 Å². The predicted octanol–water partition coefficient (Wildman–Crippen LogP) is 1.96. The lowest BCUT2D eigenvalue weighted by atomic mass is 10.0. The van der Waals surface area contributed by atoms with Crippen LogP contribution in [0.15, 0.2) is 36.4 Å². The van der Waals surface area contributed by atoms with E-state index in [1.54, 1.807) is 24.3 Å². The third kappa shape index (κ3) is 2.56. The van der Waals surface area contributed by atoms with E-state index < -0.39 is 18.1 Å². The molecule has 3 N–H and O–H groups in total. The highest BCUT2D eigenvalue weighted by Crippen LogP contribution is 2.27. The molecule has 0 heterocycles. The molecule has 2 rings (SSSR count). The number of aliphatic hydroxyl groups excluding tert-OH is 1. The lowest BCUT2D eigenvalue weighted by molar-refractivity contribution is -0.140. The fraction of sp³-hybridized carbons (Fsp3) is 0.200. The number of carbonyl (C=O) groups is 1. The van der Waals surface area contributed by atoms with Crippen LogP contribution in [0.5, 0.6) is 0 Å². The van der Waals surface area contributed by atoms with Gasteiger partial charge in [-0.25, -0.2) is 4.79 Å². The van der Waals surface area contributed by atoms with Gasteiger partial charge in [-0.1, -0.05) is 24.3 Å². The SMILES string of the molecule is C[C@@H](O)[C@@H](Nc1ccc(C#N)c2ccccc12)C(=O)O. The van der Waals surface area contributed by atoms with Crippen molar-refractivity contribution in [1.82, 2.24) is 0 Å². The standard InChI is InChI=1S/C15H14N2O3/c1-9(18)14(15(19)20)17-13-7-6-10(8-16)11-4-2-3-5-12(11)13/h2-7,9,14,17-18H,1H3,(H,19,20)/t9-,14-/m1/s1. The molecule has 0 aliphatic heterocycles.